The molecule has 1 aromatic heterocycles. The zero-order chi connectivity index (χ0) is 33.1. The fourth-order valence-electron chi connectivity index (χ4n) is 5.29. The van der Waals surface area contributed by atoms with Crippen molar-refractivity contribution in [2.75, 3.05) is 13.7 Å². The molecule has 0 spiro atoms. The van der Waals surface area contributed by atoms with Crippen molar-refractivity contribution in [2.45, 2.75) is 19.6 Å². The first-order valence-electron chi connectivity index (χ1n) is 14.6. The molecule has 0 saturated carbocycles. The fourth-order valence-corrected chi connectivity index (χ4v) is 7.03. The first kappa shape index (κ1) is 32.6. The highest BCUT2D eigenvalue weighted by Crippen LogP contribution is 2.38. The number of thiazole rings is 1. The highest BCUT2D eigenvalue weighted by atomic mass is 35.5. The summed E-state index contributed by atoms with van der Waals surface area (Å²) in [5, 5.41) is 1.27. The highest BCUT2D eigenvalue weighted by Gasteiger charge is 2.35. The van der Waals surface area contributed by atoms with E-state index in [0.29, 0.717) is 42.1 Å². The SMILES string of the molecule is CCOC(=O)C1=C(c2ccccc2)N=c2s/c(=C\c3cc(Cl)c(OCc4ccc(Cl)cc4Cl)c(OC)c3)c(=O)n2[C@@H]1c1ccccc1. The van der Waals surface area contributed by atoms with Gasteiger partial charge in [-0.2, -0.15) is 0 Å². The van der Waals surface area contributed by atoms with E-state index in [1.54, 1.807) is 47.9 Å². The molecule has 4 aromatic carbocycles. The third kappa shape index (κ3) is 6.73. The number of carbonyl (C=O) groups excluding carboxylic acids is 1. The van der Waals surface area contributed by atoms with Gasteiger partial charge in [-0.15, -0.1) is 0 Å². The van der Waals surface area contributed by atoms with Crippen LogP contribution < -0.4 is 24.4 Å². The van der Waals surface area contributed by atoms with E-state index in [0.717, 1.165) is 16.7 Å². The maximum Gasteiger partial charge on any atom is 0.338 e. The maximum absolute atomic E-state index is 14.2. The average molecular weight is 706 g/mol. The number of fused-ring (bicyclic) bond motifs is 1. The number of aromatic nitrogens is 1. The molecule has 47 heavy (non-hydrogen) atoms. The Hall–Kier alpha value is -4.34. The third-order valence-electron chi connectivity index (χ3n) is 7.43. The number of ether oxygens (including phenoxy) is 3. The number of carbonyl (C=O) groups is 1. The van der Waals surface area contributed by atoms with E-state index in [4.69, 9.17) is 54.0 Å². The van der Waals surface area contributed by atoms with E-state index in [-0.39, 0.29) is 29.4 Å². The van der Waals surface area contributed by atoms with Crippen LogP contribution in [0.3, 0.4) is 0 Å². The molecule has 6 rings (SSSR count). The number of methoxy groups -OCH3 is 1. The molecule has 0 saturated heterocycles. The smallest absolute Gasteiger partial charge is 0.338 e. The number of nitrogens with zero attached hydrogens (tertiary/aromatic N) is 2. The predicted octanol–water partition coefficient (Wildman–Crippen LogP) is 7.48. The molecule has 0 aliphatic carbocycles. The second-order valence-corrected chi connectivity index (χ2v) is 12.7. The minimum absolute atomic E-state index is 0.135. The van der Waals surface area contributed by atoms with Gasteiger partial charge >= 0.3 is 5.97 Å². The Kier molecular flexibility index (Phi) is 9.84. The number of benzene rings is 4. The van der Waals surface area contributed by atoms with E-state index in [9.17, 15) is 9.59 Å². The summed E-state index contributed by atoms with van der Waals surface area (Å²) < 4.78 is 19.1. The first-order valence-corrected chi connectivity index (χ1v) is 16.5. The van der Waals surface area contributed by atoms with Gasteiger partial charge in [-0.1, -0.05) is 113 Å². The lowest BCUT2D eigenvalue weighted by Crippen LogP contribution is -2.39. The molecule has 0 fully saturated rings. The van der Waals surface area contributed by atoms with Crippen molar-refractivity contribution in [3.63, 3.8) is 0 Å². The topological polar surface area (TPSA) is 79.1 Å². The van der Waals surface area contributed by atoms with Gasteiger partial charge in [0, 0.05) is 21.2 Å². The lowest BCUT2D eigenvalue weighted by Gasteiger charge is -2.25. The van der Waals surface area contributed by atoms with Gasteiger partial charge in [0.15, 0.2) is 16.3 Å². The number of rotatable bonds is 9. The fraction of sp³-hybridized carbons (Fsp3) is 0.139. The summed E-state index contributed by atoms with van der Waals surface area (Å²) in [6.45, 7) is 2.05. The van der Waals surface area contributed by atoms with Crippen molar-refractivity contribution in [1.82, 2.24) is 4.57 Å². The molecule has 11 heteroatoms. The van der Waals surface area contributed by atoms with E-state index >= 15 is 0 Å². The molecule has 1 aliphatic heterocycles. The zero-order valence-corrected chi connectivity index (χ0v) is 28.3. The van der Waals surface area contributed by atoms with Crippen LogP contribution in [0.2, 0.25) is 15.1 Å². The standard InChI is InChI=1S/C36H27Cl3N2O5S/c1-3-45-35(43)30-31(22-10-6-4-7-11-22)40-36-41(32(30)23-12-8-5-9-13-23)34(42)29(47-36)18-21-16-27(39)33(28(17-21)44-2)46-20-24-14-15-25(37)19-26(24)38/h4-19,32H,3,20H2,1-2H3/b29-18-/t32-/m1/s1. The van der Waals surface area contributed by atoms with E-state index in [2.05, 4.69) is 0 Å². The van der Waals surface area contributed by atoms with Gasteiger partial charge in [0.2, 0.25) is 0 Å². The van der Waals surface area contributed by atoms with Gasteiger partial charge in [0.25, 0.3) is 5.56 Å². The molecular weight excluding hydrogens is 679 g/mol. The Balaban J connectivity index is 1.47. The maximum atomic E-state index is 14.2. The van der Waals surface area contributed by atoms with Gasteiger partial charge in [-0.3, -0.25) is 9.36 Å². The van der Waals surface area contributed by atoms with Crippen LogP contribution in [0.4, 0.5) is 0 Å². The molecule has 5 aromatic rings. The number of halogens is 3. The van der Waals surface area contributed by atoms with E-state index in [1.807, 2.05) is 60.7 Å². The van der Waals surface area contributed by atoms with Crippen molar-refractivity contribution in [3.05, 3.63) is 154 Å². The molecular formula is C36H27Cl3N2O5S. The molecule has 2 heterocycles. The lowest BCUT2D eigenvalue weighted by atomic mass is 9.93. The normalized spacial score (nSPS) is 14.4. The molecule has 0 N–H and O–H groups in total. The summed E-state index contributed by atoms with van der Waals surface area (Å²) in [6, 6.07) is 26.6. The lowest BCUT2D eigenvalue weighted by molar-refractivity contribution is -0.138. The Bertz CT molecular complexity index is 2180. The Morgan fingerprint density at radius 3 is 2.36 bits per heavy atom. The Morgan fingerprint density at radius 2 is 1.68 bits per heavy atom. The van der Waals surface area contributed by atoms with Gasteiger partial charge < -0.3 is 14.2 Å². The van der Waals surface area contributed by atoms with Crippen molar-refractivity contribution in [3.8, 4) is 11.5 Å². The zero-order valence-electron chi connectivity index (χ0n) is 25.2. The Morgan fingerprint density at radius 1 is 0.957 bits per heavy atom. The molecule has 1 atom stereocenters. The highest BCUT2D eigenvalue weighted by molar-refractivity contribution is 7.07. The van der Waals surface area contributed by atoms with Crippen LogP contribution >= 0.6 is 46.1 Å². The molecule has 1 aliphatic rings. The first-order chi connectivity index (χ1) is 22.8. The minimum Gasteiger partial charge on any atom is -0.493 e. The van der Waals surface area contributed by atoms with Crippen molar-refractivity contribution >= 4 is 63.9 Å². The Labute approximate surface area is 289 Å². The van der Waals surface area contributed by atoms with E-state index in [1.165, 1.54) is 18.4 Å². The average Bonchev–Trinajstić information content (AvgIpc) is 3.38. The number of esters is 1. The van der Waals surface area contributed by atoms with Crippen LogP contribution in [0, 0.1) is 0 Å². The van der Waals surface area contributed by atoms with Gasteiger partial charge in [-0.25, -0.2) is 9.79 Å². The second kappa shape index (κ2) is 14.2. The summed E-state index contributed by atoms with van der Waals surface area (Å²) in [5.41, 5.74) is 3.25. The minimum atomic E-state index is -0.766. The summed E-state index contributed by atoms with van der Waals surface area (Å²) in [5.74, 6) is 0.166. The molecule has 238 valence electrons. The van der Waals surface area contributed by atoms with Crippen LogP contribution in [-0.4, -0.2) is 24.3 Å². The summed E-state index contributed by atoms with van der Waals surface area (Å²) in [7, 11) is 1.51. The van der Waals surface area contributed by atoms with Crippen molar-refractivity contribution < 1.29 is 19.0 Å². The monoisotopic (exact) mass is 704 g/mol. The summed E-state index contributed by atoms with van der Waals surface area (Å²) in [6.07, 6.45) is 1.72. The predicted molar refractivity (Wildman–Crippen MR) is 186 cm³/mol. The van der Waals surface area contributed by atoms with Crippen LogP contribution in [-0.2, 0) is 16.1 Å². The molecule has 0 bridgehead atoms. The van der Waals surface area contributed by atoms with Crippen LogP contribution in [0.1, 0.15) is 35.2 Å². The molecule has 0 unspecified atom stereocenters. The summed E-state index contributed by atoms with van der Waals surface area (Å²) >= 11 is 20.2. The second-order valence-electron chi connectivity index (χ2n) is 10.4. The number of hydrogen-bond donors (Lipinski definition) is 0. The van der Waals surface area contributed by atoms with Crippen LogP contribution in [0.25, 0.3) is 11.8 Å². The molecule has 0 amide bonds. The molecule has 7 nitrogen and oxygen atoms in total. The van der Waals surface area contributed by atoms with Crippen LogP contribution in [0.15, 0.2) is 106 Å². The van der Waals surface area contributed by atoms with Gasteiger partial charge in [-0.05, 0) is 48.4 Å². The largest absolute Gasteiger partial charge is 0.493 e. The van der Waals surface area contributed by atoms with E-state index < -0.39 is 12.0 Å². The third-order valence-corrected chi connectivity index (χ3v) is 9.28. The van der Waals surface area contributed by atoms with Gasteiger partial charge in [0.1, 0.15) is 6.61 Å². The van der Waals surface area contributed by atoms with Gasteiger partial charge in [0.05, 0.1) is 40.6 Å². The quantitative estimate of drug-likeness (QED) is 0.149. The van der Waals surface area contributed by atoms with Crippen LogP contribution in [0.5, 0.6) is 11.5 Å². The van der Waals surface area contributed by atoms with Crippen molar-refractivity contribution in [2.24, 2.45) is 4.99 Å². The summed E-state index contributed by atoms with van der Waals surface area (Å²) in [4.78, 5) is 33.1. The number of hydrogen-bond acceptors (Lipinski definition) is 7. The van der Waals surface area contributed by atoms with Crippen molar-refractivity contribution in [1.29, 1.82) is 0 Å². The molecule has 0 radical (unpaired) electrons.